The summed E-state index contributed by atoms with van der Waals surface area (Å²) in [5, 5.41) is 7.42. The van der Waals surface area contributed by atoms with Gasteiger partial charge in [-0.2, -0.15) is 4.98 Å². The van der Waals surface area contributed by atoms with Crippen molar-refractivity contribution < 1.29 is 4.52 Å². The van der Waals surface area contributed by atoms with E-state index in [1.54, 1.807) is 0 Å². The zero-order valence-electron chi connectivity index (χ0n) is 11.7. The molecule has 5 heteroatoms. The quantitative estimate of drug-likeness (QED) is 0.924. The molecule has 1 aliphatic heterocycles. The molecule has 1 saturated heterocycles. The summed E-state index contributed by atoms with van der Waals surface area (Å²) in [6, 6.07) is 11.1. The number of hydrogen-bond donors (Lipinski definition) is 1. The fraction of sp³-hybridized carbons (Fsp3) is 0.467. The predicted molar refractivity (Wildman–Crippen MR) is 77.6 cm³/mol. The van der Waals surface area contributed by atoms with Crippen molar-refractivity contribution in [3.8, 4) is 0 Å². The van der Waals surface area contributed by atoms with Gasteiger partial charge in [0.25, 0.3) is 0 Å². The number of hydrogen-bond acceptors (Lipinski definition) is 5. The highest BCUT2D eigenvalue weighted by molar-refractivity contribution is 5.46. The lowest BCUT2D eigenvalue weighted by Crippen LogP contribution is -2.42. The highest BCUT2D eigenvalue weighted by atomic mass is 16.5. The minimum Gasteiger partial charge on any atom is -0.371 e. The third kappa shape index (κ3) is 3.17. The van der Waals surface area contributed by atoms with Gasteiger partial charge in [0.1, 0.15) is 0 Å². The Balaban J connectivity index is 1.47. The van der Waals surface area contributed by atoms with Crippen molar-refractivity contribution in [1.82, 2.24) is 15.5 Å². The van der Waals surface area contributed by atoms with Crippen LogP contribution in [0.4, 0.5) is 5.69 Å². The van der Waals surface area contributed by atoms with Crippen molar-refractivity contribution in [3.63, 3.8) is 0 Å². The first kappa shape index (κ1) is 13.1. The number of para-hydroxylation sites is 1. The Kier molecular flexibility index (Phi) is 3.97. The Morgan fingerprint density at radius 2 is 2.00 bits per heavy atom. The molecule has 0 unspecified atom stereocenters. The second kappa shape index (κ2) is 6.05. The largest absolute Gasteiger partial charge is 0.371 e. The van der Waals surface area contributed by atoms with Crippen LogP contribution in [0.1, 0.15) is 24.6 Å². The number of benzene rings is 1. The summed E-state index contributed by atoms with van der Waals surface area (Å²) in [5.74, 6) is 1.37. The molecule has 0 aliphatic carbocycles. The molecule has 0 atom stereocenters. The monoisotopic (exact) mass is 272 g/mol. The Morgan fingerprint density at radius 1 is 1.25 bits per heavy atom. The minimum absolute atomic E-state index is 0.536. The lowest BCUT2D eigenvalue weighted by molar-refractivity contribution is 0.375. The zero-order valence-corrected chi connectivity index (χ0v) is 11.7. The van der Waals surface area contributed by atoms with Crippen LogP contribution in [0.15, 0.2) is 34.9 Å². The van der Waals surface area contributed by atoms with Crippen LogP contribution in [0.5, 0.6) is 0 Å². The van der Waals surface area contributed by atoms with E-state index in [2.05, 4.69) is 50.7 Å². The van der Waals surface area contributed by atoms with Gasteiger partial charge in [-0.25, -0.2) is 0 Å². The summed E-state index contributed by atoms with van der Waals surface area (Å²) < 4.78 is 4.97. The lowest BCUT2D eigenvalue weighted by Gasteiger charge is -2.33. The average Bonchev–Trinajstić information content (AvgIpc) is 2.92. The second-order valence-corrected chi connectivity index (χ2v) is 5.21. The summed E-state index contributed by atoms with van der Waals surface area (Å²) in [6.45, 7) is 4.68. The molecule has 2 aromatic rings. The van der Waals surface area contributed by atoms with Gasteiger partial charge in [-0.15, -0.1) is 0 Å². The van der Waals surface area contributed by atoms with Gasteiger partial charge in [0.2, 0.25) is 5.89 Å². The second-order valence-electron chi connectivity index (χ2n) is 5.21. The van der Waals surface area contributed by atoms with Crippen LogP contribution in [0.25, 0.3) is 0 Å². The molecule has 0 saturated carbocycles. The molecule has 1 aromatic heterocycles. The van der Waals surface area contributed by atoms with Crippen LogP contribution in [0.3, 0.4) is 0 Å². The summed E-state index contributed by atoms with van der Waals surface area (Å²) >= 11 is 0. The van der Waals surface area contributed by atoms with E-state index in [9.17, 15) is 0 Å². The van der Waals surface area contributed by atoms with Gasteiger partial charge < -0.3 is 14.7 Å². The van der Waals surface area contributed by atoms with E-state index in [0.717, 1.165) is 31.8 Å². The van der Waals surface area contributed by atoms with Crippen LogP contribution in [-0.4, -0.2) is 29.3 Å². The van der Waals surface area contributed by atoms with Crippen molar-refractivity contribution in [3.05, 3.63) is 42.0 Å². The van der Waals surface area contributed by atoms with E-state index in [-0.39, 0.29) is 0 Å². The molecule has 1 N–H and O–H groups in total. The van der Waals surface area contributed by atoms with E-state index >= 15 is 0 Å². The van der Waals surface area contributed by atoms with Crippen molar-refractivity contribution in [2.75, 3.05) is 18.0 Å². The van der Waals surface area contributed by atoms with Crippen molar-refractivity contribution in [2.24, 2.45) is 0 Å². The molecule has 1 aromatic carbocycles. The maximum Gasteiger partial charge on any atom is 0.223 e. The molecule has 1 fully saturated rings. The number of aromatic nitrogens is 2. The maximum absolute atomic E-state index is 4.97. The van der Waals surface area contributed by atoms with Gasteiger partial charge in [0.15, 0.2) is 5.82 Å². The molecule has 1 aliphatic rings. The van der Waals surface area contributed by atoms with Crippen LogP contribution < -0.4 is 10.2 Å². The Hall–Kier alpha value is -1.88. The average molecular weight is 272 g/mol. The standard InChI is InChI=1S/C15H20N4O/c1-12-17-15(18-20-12)11-16-13-7-9-19(10-8-13)14-5-3-2-4-6-14/h2-6,13,16H,7-11H2,1H3. The maximum atomic E-state index is 4.97. The third-order valence-corrected chi connectivity index (χ3v) is 3.73. The summed E-state index contributed by atoms with van der Waals surface area (Å²) in [5.41, 5.74) is 1.32. The van der Waals surface area contributed by atoms with Crippen LogP contribution in [0.2, 0.25) is 0 Å². The minimum atomic E-state index is 0.536. The first-order valence-corrected chi connectivity index (χ1v) is 7.14. The highest BCUT2D eigenvalue weighted by Crippen LogP contribution is 2.19. The van der Waals surface area contributed by atoms with E-state index in [0.29, 0.717) is 18.5 Å². The lowest BCUT2D eigenvalue weighted by atomic mass is 10.0. The molecule has 0 amide bonds. The number of piperidine rings is 1. The van der Waals surface area contributed by atoms with E-state index < -0.39 is 0 Å². The highest BCUT2D eigenvalue weighted by Gasteiger charge is 2.19. The molecule has 5 nitrogen and oxygen atoms in total. The van der Waals surface area contributed by atoms with E-state index in [1.165, 1.54) is 5.69 Å². The fourth-order valence-electron chi connectivity index (χ4n) is 2.63. The molecular formula is C15H20N4O. The van der Waals surface area contributed by atoms with Crippen molar-refractivity contribution >= 4 is 5.69 Å². The summed E-state index contributed by atoms with van der Waals surface area (Å²) in [7, 11) is 0. The Bertz CT molecular complexity index is 532. The number of rotatable bonds is 4. The van der Waals surface area contributed by atoms with Gasteiger partial charge >= 0.3 is 0 Å². The predicted octanol–water partition coefficient (Wildman–Crippen LogP) is 2.14. The smallest absolute Gasteiger partial charge is 0.223 e. The molecule has 106 valence electrons. The van der Waals surface area contributed by atoms with Crippen molar-refractivity contribution in [2.45, 2.75) is 32.4 Å². The van der Waals surface area contributed by atoms with Gasteiger partial charge in [-0.3, -0.25) is 0 Å². The van der Waals surface area contributed by atoms with Gasteiger partial charge in [-0.1, -0.05) is 23.4 Å². The van der Waals surface area contributed by atoms with Crippen LogP contribution >= 0.6 is 0 Å². The van der Waals surface area contributed by atoms with E-state index in [4.69, 9.17) is 4.52 Å². The summed E-state index contributed by atoms with van der Waals surface area (Å²) in [4.78, 5) is 6.65. The molecule has 3 rings (SSSR count). The van der Waals surface area contributed by atoms with Gasteiger partial charge in [0.05, 0.1) is 6.54 Å². The Labute approximate surface area is 119 Å². The zero-order chi connectivity index (χ0) is 13.8. The summed E-state index contributed by atoms with van der Waals surface area (Å²) in [6.07, 6.45) is 2.29. The SMILES string of the molecule is Cc1nc(CNC2CCN(c3ccccc3)CC2)no1. The van der Waals surface area contributed by atoms with Gasteiger partial charge in [-0.05, 0) is 25.0 Å². The number of aryl methyl sites for hydroxylation is 1. The molecule has 0 radical (unpaired) electrons. The number of anilines is 1. The molecule has 0 spiro atoms. The van der Waals surface area contributed by atoms with Crippen LogP contribution in [-0.2, 0) is 6.54 Å². The topological polar surface area (TPSA) is 54.2 Å². The Morgan fingerprint density at radius 3 is 2.65 bits per heavy atom. The van der Waals surface area contributed by atoms with Crippen molar-refractivity contribution in [1.29, 1.82) is 0 Å². The van der Waals surface area contributed by atoms with E-state index in [1.807, 2.05) is 6.92 Å². The number of nitrogens with one attached hydrogen (secondary N) is 1. The molecular weight excluding hydrogens is 252 g/mol. The first-order chi connectivity index (χ1) is 9.81. The molecule has 2 heterocycles. The third-order valence-electron chi connectivity index (χ3n) is 3.73. The normalized spacial score (nSPS) is 16.6. The van der Waals surface area contributed by atoms with Crippen LogP contribution in [0, 0.1) is 6.92 Å². The molecule has 20 heavy (non-hydrogen) atoms. The number of nitrogens with zero attached hydrogens (tertiary/aromatic N) is 3. The van der Waals surface area contributed by atoms with Gasteiger partial charge in [0, 0.05) is 31.7 Å². The fourth-order valence-corrected chi connectivity index (χ4v) is 2.63. The molecule has 0 bridgehead atoms. The first-order valence-electron chi connectivity index (χ1n) is 7.14.